The number of benzene rings is 1. The second-order valence-electron chi connectivity index (χ2n) is 10.3. The Bertz CT molecular complexity index is 702. The number of carbonyl (C=O) groups is 1. The van der Waals surface area contributed by atoms with E-state index >= 15 is 0 Å². The lowest BCUT2D eigenvalue weighted by atomic mass is 9.46. The van der Waals surface area contributed by atoms with Gasteiger partial charge in [-0.05, 0) is 73.7 Å². The summed E-state index contributed by atoms with van der Waals surface area (Å²) in [6, 6.07) is 9.73. The number of piperidine rings is 1. The van der Waals surface area contributed by atoms with E-state index in [-0.39, 0.29) is 30.1 Å². The number of carbonyl (C=O) groups excluding carboxylic acids is 1. The van der Waals surface area contributed by atoms with Crippen molar-refractivity contribution >= 4 is 6.09 Å². The van der Waals surface area contributed by atoms with Crippen LogP contribution < -0.4 is 5.73 Å². The highest BCUT2D eigenvalue weighted by molar-refractivity contribution is 5.67. The van der Waals surface area contributed by atoms with Crippen LogP contribution in [0.3, 0.4) is 0 Å². The van der Waals surface area contributed by atoms with Crippen molar-refractivity contribution in [2.45, 2.75) is 63.7 Å². The summed E-state index contributed by atoms with van der Waals surface area (Å²) in [5, 5.41) is 10.8. The quantitative estimate of drug-likeness (QED) is 0.813. The number of ether oxygens (including phenoxy) is 1. The van der Waals surface area contributed by atoms with Crippen LogP contribution in [0.4, 0.5) is 4.79 Å². The van der Waals surface area contributed by atoms with E-state index < -0.39 is 6.10 Å². The third-order valence-electron chi connectivity index (χ3n) is 8.34. The predicted molar refractivity (Wildman–Crippen MR) is 111 cm³/mol. The molecule has 4 saturated carbocycles. The highest BCUT2D eigenvalue weighted by Gasteiger charge is 2.55. The third-order valence-corrected chi connectivity index (χ3v) is 8.34. The number of amides is 1. The fourth-order valence-electron chi connectivity index (χ4n) is 7.34. The van der Waals surface area contributed by atoms with Gasteiger partial charge < -0.3 is 20.5 Å². The summed E-state index contributed by atoms with van der Waals surface area (Å²) in [5.74, 6) is 2.45. The molecule has 4 bridgehead atoms. The van der Waals surface area contributed by atoms with Crippen LogP contribution in [0.1, 0.15) is 50.5 Å². The van der Waals surface area contributed by atoms with E-state index in [1.54, 1.807) is 4.90 Å². The van der Waals surface area contributed by atoms with E-state index in [9.17, 15) is 9.90 Å². The van der Waals surface area contributed by atoms with Crippen molar-refractivity contribution in [3.63, 3.8) is 0 Å². The molecule has 5 heteroatoms. The number of likely N-dealkylation sites (tertiary alicyclic amines) is 1. The lowest BCUT2D eigenvalue weighted by Gasteiger charge is -2.60. The van der Waals surface area contributed by atoms with Crippen LogP contribution in [-0.2, 0) is 11.3 Å². The number of aliphatic hydroxyl groups excluding tert-OH is 1. The molecule has 1 saturated heterocycles. The van der Waals surface area contributed by atoms with Gasteiger partial charge in [-0.25, -0.2) is 4.79 Å². The molecule has 1 heterocycles. The third kappa shape index (κ3) is 3.68. The van der Waals surface area contributed by atoms with Crippen molar-refractivity contribution in [2.75, 3.05) is 13.1 Å². The number of aliphatic hydroxyl groups is 1. The first-order valence-electron chi connectivity index (χ1n) is 11.4. The zero-order chi connectivity index (χ0) is 20.0. The summed E-state index contributed by atoms with van der Waals surface area (Å²) in [6.45, 7) is 1.33. The zero-order valence-corrected chi connectivity index (χ0v) is 17.2. The number of nitrogens with two attached hydrogens (primary N) is 1. The molecule has 158 valence electrons. The maximum absolute atomic E-state index is 12.7. The van der Waals surface area contributed by atoms with Gasteiger partial charge in [0.2, 0.25) is 0 Å². The largest absolute Gasteiger partial charge is 0.445 e. The summed E-state index contributed by atoms with van der Waals surface area (Å²) in [7, 11) is 0. The van der Waals surface area contributed by atoms with Gasteiger partial charge >= 0.3 is 6.09 Å². The van der Waals surface area contributed by atoms with Gasteiger partial charge in [0.1, 0.15) is 6.61 Å². The summed E-state index contributed by atoms with van der Waals surface area (Å²) in [5.41, 5.74) is 8.09. The average molecular weight is 399 g/mol. The molecule has 1 aliphatic heterocycles. The lowest BCUT2D eigenvalue weighted by molar-refractivity contribution is -0.0978. The summed E-state index contributed by atoms with van der Waals surface area (Å²) in [6.07, 6.45) is 7.71. The van der Waals surface area contributed by atoms with E-state index in [0.717, 1.165) is 23.3 Å². The Morgan fingerprint density at radius 1 is 1.14 bits per heavy atom. The molecule has 4 aliphatic carbocycles. The molecule has 3 N–H and O–H groups in total. The van der Waals surface area contributed by atoms with E-state index in [4.69, 9.17) is 10.5 Å². The van der Waals surface area contributed by atoms with Crippen LogP contribution in [-0.4, -0.2) is 41.3 Å². The van der Waals surface area contributed by atoms with Gasteiger partial charge in [0.25, 0.3) is 0 Å². The van der Waals surface area contributed by atoms with E-state index in [0.29, 0.717) is 19.5 Å². The smallest absolute Gasteiger partial charge is 0.410 e. The fourth-order valence-corrected chi connectivity index (χ4v) is 7.34. The van der Waals surface area contributed by atoms with Gasteiger partial charge in [0, 0.05) is 25.0 Å². The Balaban J connectivity index is 1.25. The van der Waals surface area contributed by atoms with Crippen LogP contribution in [0.15, 0.2) is 30.3 Å². The van der Waals surface area contributed by atoms with Gasteiger partial charge in [-0.2, -0.15) is 0 Å². The topological polar surface area (TPSA) is 75.8 Å². The maximum atomic E-state index is 12.7. The molecule has 0 aromatic heterocycles. The summed E-state index contributed by atoms with van der Waals surface area (Å²) >= 11 is 0. The minimum atomic E-state index is -0.420. The van der Waals surface area contributed by atoms with Crippen LogP contribution in [0, 0.1) is 29.1 Å². The van der Waals surface area contributed by atoms with E-state index in [1.165, 1.54) is 38.5 Å². The molecule has 29 heavy (non-hydrogen) atoms. The Morgan fingerprint density at radius 3 is 2.38 bits per heavy atom. The predicted octanol–water partition coefficient (Wildman–Crippen LogP) is 3.55. The average Bonchev–Trinajstić information content (AvgIpc) is 2.71. The van der Waals surface area contributed by atoms with Crippen molar-refractivity contribution in [1.82, 2.24) is 4.90 Å². The van der Waals surface area contributed by atoms with Gasteiger partial charge in [-0.1, -0.05) is 30.3 Å². The first kappa shape index (κ1) is 19.4. The van der Waals surface area contributed by atoms with Crippen LogP contribution in [0.25, 0.3) is 0 Å². The Kier molecular flexibility index (Phi) is 5.07. The number of nitrogens with zero attached hydrogens (tertiary/aromatic N) is 1. The molecular weight excluding hydrogens is 364 g/mol. The van der Waals surface area contributed by atoms with E-state index in [1.807, 2.05) is 30.3 Å². The molecule has 0 spiro atoms. The van der Waals surface area contributed by atoms with Crippen LogP contribution in [0.2, 0.25) is 0 Å². The Morgan fingerprint density at radius 2 is 1.76 bits per heavy atom. The van der Waals surface area contributed by atoms with Crippen molar-refractivity contribution in [1.29, 1.82) is 0 Å². The van der Waals surface area contributed by atoms with Crippen LogP contribution >= 0.6 is 0 Å². The minimum absolute atomic E-state index is 0.0318. The molecular formula is C24H34N2O3. The van der Waals surface area contributed by atoms with Gasteiger partial charge in [-0.15, -0.1) is 0 Å². The van der Waals surface area contributed by atoms with Gasteiger partial charge in [-0.3, -0.25) is 0 Å². The summed E-state index contributed by atoms with van der Waals surface area (Å²) in [4.78, 5) is 14.4. The van der Waals surface area contributed by atoms with Crippen LogP contribution in [0.5, 0.6) is 0 Å². The molecule has 5 fully saturated rings. The molecule has 3 atom stereocenters. The molecule has 5 aliphatic rings. The first-order valence-corrected chi connectivity index (χ1v) is 11.4. The lowest BCUT2D eigenvalue weighted by Crippen LogP contribution is -2.62. The SMILES string of the molecule is NC([C@H]1CN(C(=O)OCc2ccccc2)CC[C@H]1O)C12CC3CC(CC(C3)C1)C2. The standard InChI is InChI=1S/C24H34N2O3/c25-22(24-11-17-8-18(12-24)10-19(9-17)13-24)20-14-26(7-6-21(20)27)23(28)29-15-16-4-2-1-3-5-16/h1-5,17-22,27H,6-15,25H2/t17?,18?,19?,20-,21+,22?,24?/m0/s1. The maximum Gasteiger partial charge on any atom is 0.410 e. The second kappa shape index (κ2) is 7.59. The van der Waals surface area contributed by atoms with Crippen molar-refractivity contribution in [3.05, 3.63) is 35.9 Å². The number of hydrogen-bond acceptors (Lipinski definition) is 4. The normalized spacial score (nSPS) is 39.4. The monoisotopic (exact) mass is 398 g/mol. The van der Waals surface area contributed by atoms with Crippen molar-refractivity contribution in [3.8, 4) is 0 Å². The van der Waals surface area contributed by atoms with Gasteiger partial charge in [0.05, 0.1) is 6.10 Å². The minimum Gasteiger partial charge on any atom is -0.445 e. The number of hydrogen-bond donors (Lipinski definition) is 2. The molecule has 6 rings (SSSR count). The Hall–Kier alpha value is -1.59. The molecule has 1 unspecified atom stereocenters. The highest BCUT2D eigenvalue weighted by atomic mass is 16.6. The first-order chi connectivity index (χ1) is 14.0. The van der Waals surface area contributed by atoms with Crippen molar-refractivity contribution < 1.29 is 14.6 Å². The molecule has 1 amide bonds. The fraction of sp³-hybridized carbons (Fsp3) is 0.708. The Labute approximate surface area is 173 Å². The molecule has 1 aromatic rings. The summed E-state index contributed by atoms with van der Waals surface area (Å²) < 4.78 is 5.54. The van der Waals surface area contributed by atoms with Crippen molar-refractivity contribution in [2.24, 2.45) is 34.8 Å². The second-order valence-corrected chi connectivity index (χ2v) is 10.3. The zero-order valence-electron chi connectivity index (χ0n) is 17.2. The molecule has 1 aromatic carbocycles. The molecule has 0 radical (unpaired) electrons. The van der Waals surface area contributed by atoms with E-state index in [2.05, 4.69) is 0 Å². The highest BCUT2D eigenvalue weighted by Crippen LogP contribution is 2.62. The number of rotatable bonds is 4. The molecule has 5 nitrogen and oxygen atoms in total. The van der Waals surface area contributed by atoms with Gasteiger partial charge in [0.15, 0.2) is 0 Å².